The molecule has 0 bridgehead atoms. The van der Waals surface area contributed by atoms with Crippen molar-refractivity contribution < 1.29 is 19.1 Å². The van der Waals surface area contributed by atoms with Gasteiger partial charge in [-0.3, -0.25) is 9.59 Å². The van der Waals surface area contributed by atoms with Crippen LogP contribution in [0.5, 0.6) is 0 Å². The number of aliphatic hydroxyl groups is 1. The SMILES string of the molecule is CCCNc1nc(Nc2cccc(F)c2)ncc1C#CCCCNC(=O)[C@@H]1C[C@H](O)CN1C(=O)C=CCN(C)C. The van der Waals surface area contributed by atoms with Gasteiger partial charge < -0.3 is 30.9 Å². The number of nitrogens with one attached hydrogen (secondary N) is 3. The number of nitrogens with zero attached hydrogens (tertiary/aromatic N) is 4. The van der Waals surface area contributed by atoms with E-state index >= 15 is 0 Å². The number of likely N-dealkylation sites (tertiary alicyclic amines) is 1. The van der Waals surface area contributed by atoms with Crippen molar-refractivity contribution in [3.63, 3.8) is 0 Å². The maximum atomic E-state index is 13.5. The standard InChI is InChI=1S/C29H38FN7O3/c1-4-14-31-27-21(19-33-29(35-27)34-23-12-8-11-22(30)17-23)10-6-5-7-15-32-28(40)25-18-24(38)20-37(25)26(39)13-9-16-36(2)3/h8-9,11-13,17,19,24-25,38H,4-5,7,14-16,18,20H2,1-3H3,(H,32,40)(H2,31,33,34,35)/t24-,25-/m0/s1. The average Bonchev–Trinajstić information content (AvgIpc) is 3.31. The molecule has 2 atom stereocenters. The second-order valence-electron chi connectivity index (χ2n) is 9.77. The van der Waals surface area contributed by atoms with Crippen LogP contribution in [0.25, 0.3) is 0 Å². The first-order valence-electron chi connectivity index (χ1n) is 13.5. The van der Waals surface area contributed by atoms with E-state index in [-0.39, 0.29) is 30.6 Å². The second kappa shape index (κ2) is 15.5. The minimum absolute atomic E-state index is 0.141. The molecule has 1 aromatic heterocycles. The lowest BCUT2D eigenvalue weighted by Gasteiger charge is -2.22. The van der Waals surface area contributed by atoms with Crippen LogP contribution >= 0.6 is 0 Å². The van der Waals surface area contributed by atoms with Gasteiger partial charge in [-0.2, -0.15) is 4.98 Å². The van der Waals surface area contributed by atoms with Crippen molar-refractivity contribution >= 4 is 29.3 Å². The van der Waals surface area contributed by atoms with Gasteiger partial charge in [-0.1, -0.05) is 30.9 Å². The predicted octanol–water partition coefficient (Wildman–Crippen LogP) is 2.51. The Balaban J connectivity index is 1.52. The fourth-order valence-corrected chi connectivity index (χ4v) is 4.04. The van der Waals surface area contributed by atoms with E-state index < -0.39 is 12.1 Å². The summed E-state index contributed by atoms with van der Waals surface area (Å²) in [5, 5.41) is 19.2. The molecule has 1 fully saturated rings. The molecule has 4 N–H and O–H groups in total. The van der Waals surface area contributed by atoms with Crippen molar-refractivity contribution in [1.82, 2.24) is 25.1 Å². The van der Waals surface area contributed by atoms with Crippen LogP contribution in [0.2, 0.25) is 0 Å². The highest BCUT2D eigenvalue weighted by Gasteiger charge is 2.37. The maximum Gasteiger partial charge on any atom is 0.247 e. The molecule has 1 aliphatic heterocycles. The zero-order valence-corrected chi connectivity index (χ0v) is 23.3. The number of halogens is 1. The summed E-state index contributed by atoms with van der Waals surface area (Å²) in [4.78, 5) is 37.4. The number of benzene rings is 1. The molecule has 1 aliphatic rings. The Bertz CT molecular complexity index is 1240. The Morgan fingerprint density at radius 2 is 2.12 bits per heavy atom. The topological polar surface area (TPSA) is 123 Å². The fourth-order valence-electron chi connectivity index (χ4n) is 4.04. The molecule has 2 amide bonds. The molecular weight excluding hydrogens is 513 g/mol. The Morgan fingerprint density at radius 1 is 1.30 bits per heavy atom. The Kier molecular flexibility index (Phi) is 11.9. The van der Waals surface area contributed by atoms with E-state index in [1.807, 2.05) is 25.9 Å². The number of aromatic nitrogens is 2. The Morgan fingerprint density at radius 3 is 2.88 bits per heavy atom. The van der Waals surface area contributed by atoms with Crippen LogP contribution in [0, 0.1) is 17.7 Å². The first-order chi connectivity index (χ1) is 19.3. The zero-order chi connectivity index (χ0) is 28.9. The number of carbonyl (C=O) groups excluding carboxylic acids is 2. The van der Waals surface area contributed by atoms with Crippen LogP contribution in [-0.4, -0.2) is 89.1 Å². The van der Waals surface area contributed by atoms with E-state index in [0.717, 1.165) is 6.42 Å². The summed E-state index contributed by atoms with van der Waals surface area (Å²) in [5.74, 6) is 6.18. The first kappa shape index (κ1) is 30.5. The highest BCUT2D eigenvalue weighted by atomic mass is 19.1. The number of rotatable bonds is 12. The van der Waals surface area contributed by atoms with Crippen molar-refractivity contribution in [2.24, 2.45) is 0 Å². The molecule has 3 rings (SSSR count). The molecule has 1 saturated heterocycles. The quantitative estimate of drug-likeness (QED) is 0.180. The maximum absolute atomic E-state index is 13.5. The van der Waals surface area contributed by atoms with Gasteiger partial charge >= 0.3 is 0 Å². The van der Waals surface area contributed by atoms with Crippen molar-refractivity contribution in [3.05, 3.63) is 54.0 Å². The number of aliphatic hydroxyl groups excluding tert-OH is 1. The summed E-state index contributed by atoms with van der Waals surface area (Å²) in [6.07, 6.45) is 6.34. The lowest BCUT2D eigenvalue weighted by Crippen LogP contribution is -2.45. The van der Waals surface area contributed by atoms with E-state index in [1.165, 1.54) is 23.1 Å². The van der Waals surface area contributed by atoms with Crippen LogP contribution in [0.4, 0.5) is 21.8 Å². The first-order valence-corrected chi connectivity index (χ1v) is 13.5. The van der Waals surface area contributed by atoms with Crippen LogP contribution in [0.1, 0.15) is 38.2 Å². The number of anilines is 3. The van der Waals surface area contributed by atoms with Gasteiger partial charge in [0.25, 0.3) is 0 Å². The summed E-state index contributed by atoms with van der Waals surface area (Å²) in [6, 6.07) is 5.37. The Hall–Kier alpha value is -4.01. The van der Waals surface area contributed by atoms with Gasteiger partial charge in [0, 0.05) is 50.8 Å². The number of hydrogen-bond acceptors (Lipinski definition) is 8. The molecule has 0 spiro atoms. The number of β-amino-alcohol motifs (C(OH)–C–C–N with tert-alkyl or cyclic N) is 1. The fraction of sp³-hybridized carbons (Fsp3) is 0.448. The van der Waals surface area contributed by atoms with Gasteiger partial charge in [-0.25, -0.2) is 9.37 Å². The van der Waals surface area contributed by atoms with Crippen molar-refractivity contribution in [2.45, 2.75) is 44.8 Å². The zero-order valence-electron chi connectivity index (χ0n) is 23.3. The molecule has 10 nitrogen and oxygen atoms in total. The molecule has 2 heterocycles. The lowest BCUT2D eigenvalue weighted by molar-refractivity contribution is -0.135. The summed E-state index contributed by atoms with van der Waals surface area (Å²) in [7, 11) is 3.80. The minimum Gasteiger partial charge on any atom is -0.391 e. The number of likely N-dealkylation sites (N-methyl/N-ethyl adjacent to an activating group) is 1. The molecular formula is C29H38FN7O3. The highest BCUT2D eigenvalue weighted by Crippen LogP contribution is 2.19. The normalized spacial score (nSPS) is 16.6. The Labute approximate surface area is 235 Å². The molecule has 0 aliphatic carbocycles. The monoisotopic (exact) mass is 551 g/mol. The van der Waals surface area contributed by atoms with E-state index in [0.29, 0.717) is 55.5 Å². The molecule has 2 aromatic rings. The van der Waals surface area contributed by atoms with E-state index in [1.54, 1.807) is 24.4 Å². The van der Waals surface area contributed by atoms with Crippen molar-refractivity contribution in [3.8, 4) is 11.8 Å². The minimum atomic E-state index is -0.721. The molecule has 1 aromatic carbocycles. The molecule has 0 unspecified atom stereocenters. The molecule has 214 valence electrons. The summed E-state index contributed by atoms with van der Waals surface area (Å²) in [6.45, 7) is 3.90. The summed E-state index contributed by atoms with van der Waals surface area (Å²) < 4.78 is 13.5. The van der Waals surface area contributed by atoms with E-state index in [9.17, 15) is 19.1 Å². The van der Waals surface area contributed by atoms with Crippen LogP contribution in [0.3, 0.4) is 0 Å². The number of carbonyl (C=O) groups is 2. The van der Waals surface area contributed by atoms with E-state index in [4.69, 9.17) is 0 Å². The van der Waals surface area contributed by atoms with Crippen LogP contribution in [0.15, 0.2) is 42.6 Å². The average molecular weight is 552 g/mol. The molecule has 0 saturated carbocycles. The van der Waals surface area contributed by atoms with Gasteiger partial charge in [0.05, 0.1) is 17.9 Å². The van der Waals surface area contributed by atoms with Gasteiger partial charge in [-0.05, 0) is 45.1 Å². The summed E-state index contributed by atoms with van der Waals surface area (Å²) >= 11 is 0. The molecule has 11 heteroatoms. The van der Waals surface area contributed by atoms with Crippen molar-refractivity contribution in [2.75, 3.05) is 50.9 Å². The third kappa shape index (κ3) is 9.63. The van der Waals surface area contributed by atoms with Crippen LogP contribution in [-0.2, 0) is 9.59 Å². The number of amides is 2. The van der Waals surface area contributed by atoms with Crippen molar-refractivity contribution in [1.29, 1.82) is 0 Å². The lowest BCUT2D eigenvalue weighted by atomic mass is 10.2. The largest absolute Gasteiger partial charge is 0.391 e. The number of hydrogen-bond donors (Lipinski definition) is 4. The molecule has 40 heavy (non-hydrogen) atoms. The van der Waals surface area contributed by atoms with Gasteiger partial charge in [0.15, 0.2) is 0 Å². The van der Waals surface area contributed by atoms with Gasteiger partial charge in [-0.15, -0.1) is 0 Å². The number of unbranched alkanes of at least 4 members (excludes halogenated alkanes) is 1. The van der Waals surface area contributed by atoms with Crippen LogP contribution < -0.4 is 16.0 Å². The third-order valence-electron chi connectivity index (χ3n) is 6.01. The third-order valence-corrected chi connectivity index (χ3v) is 6.01. The summed E-state index contributed by atoms with van der Waals surface area (Å²) in [5.41, 5.74) is 1.18. The second-order valence-corrected chi connectivity index (χ2v) is 9.77. The molecule has 0 radical (unpaired) electrons. The van der Waals surface area contributed by atoms with E-state index in [2.05, 4.69) is 37.8 Å². The smallest absolute Gasteiger partial charge is 0.247 e. The predicted molar refractivity (Wildman–Crippen MR) is 153 cm³/mol. The highest BCUT2D eigenvalue weighted by molar-refractivity contribution is 5.93. The van der Waals surface area contributed by atoms with Gasteiger partial charge in [0.2, 0.25) is 17.8 Å². The van der Waals surface area contributed by atoms with Gasteiger partial charge in [0.1, 0.15) is 17.7 Å².